The fourth-order valence-electron chi connectivity index (χ4n) is 2.71. The predicted molar refractivity (Wildman–Crippen MR) is 109 cm³/mol. The Bertz CT molecular complexity index is 988. The minimum absolute atomic E-state index is 0.478. The van der Waals surface area contributed by atoms with Crippen LogP contribution in [-0.2, 0) is 4.79 Å². The van der Waals surface area contributed by atoms with E-state index in [0.29, 0.717) is 10.9 Å². The highest BCUT2D eigenvalue weighted by Crippen LogP contribution is 2.35. The van der Waals surface area contributed by atoms with E-state index in [0.717, 1.165) is 16.9 Å². The maximum atomic E-state index is 12.1. The monoisotopic (exact) mass is 396 g/mol. The number of carbonyl (C=O) groups is 2. The van der Waals surface area contributed by atoms with Crippen LogP contribution in [0.2, 0.25) is 0 Å². The van der Waals surface area contributed by atoms with E-state index >= 15 is 0 Å². The second-order valence-corrected chi connectivity index (χ2v) is 7.22. The number of rotatable bonds is 6. The fraction of sp³-hybridized carbons (Fsp3) is 0.150. The van der Waals surface area contributed by atoms with Crippen LogP contribution < -0.4 is 15.8 Å². The van der Waals surface area contributed by atoms with Gasteiger partial charge in [-0.05, 0) is 19.1 Å². The number of nitrogens with one attached hydrogen (secondary N) is 1. The van der Waals surface area contributed by atoms with Gasteiger partial charge in [0.15, 0.2) is 5.16 Å². The molecule has 0 aliphatic rings. The number of methoxy groups -OCH3 is 1. The molecule has 0 aliphatic carbocycles. The lowest BCUT2D eigenvalue weighted by Crippen LogP contribution is -2.39. The van der Waals surface area contributed by atoms with Crippen molar-refractivity contribution in [2.45, 2.75) is 17.3 Å². The van der Waals surface area contributed by atoms with Gasteiger partial charge in [-0.15, -0.1) is 0 Å². The number of carbonyl (C=O) groups excluding carboxylic acids is 2. The van der Waals surface area contributed by atoms with Gasteiger partial charge in [0, 0.05) is 5.56 Å². The van der Waals surface area contributed by atoms with Crippen LogP contribution in [0.1, 0.15) is 6.92 Å². The van der Waals surface area contributed by atoms with Crippen molar-refractivity contribution in [3.8, 4) is 22.7 Å². The number of thioether (sulfide) groups is 1. The van der Waals surface area contributed by atoms with Gasteiger partial charge in [-0.1, -0.05) is 54.2 Å². The molecule has 2 aromatic carbocycles. The van der Waals surface area contributed by atoms with Crippen molar-refractivity contribution in [2.24, 2.45) is 5.73 Å². The average Bonchev–Trinajstić information content (AvgIpc) is 3.11. The lowest BCUT2D eigenvalue weighted by Gasteiger charge is -2.16. The predicted octanol–water partition coefficient (Wildman–Crippen LogP) is 3.22. The Balaban J connectivity index is 2.07. The Labute approximate surface area is 166 Å². The molecule has 0 fully saturated rings. The molecule has 1 unspecified atom stereocenters. The number of imide groups is 1. The third kappa shape index (κ3) is 4.17. The third-order valence-corrected chi connectivity index (χ3v) is 5.09. The molecule has 0 spiro atoms. The van der Waals surface area contributed by atoms with Gasteiger partial charge in [-0.25, -0.2) is 9.78 Å². The number of aromatic nitrogens is 2. The number of hydrogen-bond acceptors (Lipinski definition) is 5. The topological polar surface area (TPSA) is 99.2 Å². The van der Waals surface area contributed by atoms with Crippen molar-refractivity contribution >= 4 is 23.7 Å². The number of para-hydroxylation sites is 2. The van der Waals surface area contributed by atoms with Crippen molar-refractivity contribution in [3.05, 3.63) is 60.8 Å². The van der Waals surface area contributed by atoms with Crippen LogP contribution in [0.3, 0.4) is 0 Å². The second kappa shape index (κ2) is 8.62. The first-order chi connectivity index (χ1) is 13.5. The number of hydrogen-bond donors (Lipinski definition) is 2. The summed E-state index contributed by atoms with van der Waals surface area (Å²) in [5.41, 5.74) is 7.67. The van der Waals surface area contributed by atoms with Crippen LogP contribution in [-0.4, -0.2) is 33.8 Å². The summed E-state index contributed by atoms with van der Waals surface area (Å²) in [6.07, 6.45) is 1.75. The highest BCUT2D eigenvalue weighted by atomic mass is 32.2. The number of benzene rings is 2. The number of imidazole rings is 1. The average molecular weight is 396 g/mol. The Morgan fingerprint density at radius 1 is 1.14 bits per heavy atom. The summed E-state index contributed by atoms with van der Waals surface area (Å²) in [7, 11) is 1.60. The summed E-state index contributed by atoms with van der Waals surface area (Å²) in [5, 5.41) is 2.12. The van der Waals surface area contributed by atoms with Gasteiger partial charge in [-0.2, -0.15) is 0 Å². The number of urea groups is 1. The van der Waals surface area contributed by atoms with E-state index in [-0.39, 0.29) is 0 Å². The van der Waals surface area contributed by atoms with Crippen molar-refractivity contribution in [2.75, 3.05) is 7.11 Å². The van der Waals surface area contributed by atoms with Gasteiger partial charge in [-0.3, -0.25) is 14.7 Å². The van der Waals surface area contributed by atoms with E-state index in [1.54, 1.807) is 20.2 Å². The first-order valence-electron chi connectivity index (χ1n) is 8.54. The van der Waals surface area contributed by atoms with Gasteiger partial charge in [0.1, 0.15) is 5.75 Å². The number of nitrogens with two attached hydrogens (primary N) is 1. The Kier molecular flexibility index (Phi) is 6.00. The lowest BCUT2D eigenvalue weighted by atomic mass is 10.1. The van der Waals surface area contributed by atoms with Gasteiger partial charge in [0.25, 0.3) is 0 Å². The molecule has 144 valence electrons. The summed E-state index contributed by atoms with van der Waals surface area (Å²) in [5.74, 6) is 0.196. The van der Waals surface area contributed by atoms with Gasteiger partial charge >= 0.3 is 6.03 Å². The van der Waals surface area contributed by atoms with Gasteiger partial charge < -0.3 is 10.5 Å². The minimum Gasteiger partial charge on any atom is -0.495 e. The van der Waals surface area contributed by atoms with Gasteiger partial charge in [0.05, 0.1) is 29.9 Å². The molecule has 28 heavy (non-hydrogen) atoms. The summed E-state index contributed by atoms with van der Waals surface area (Å²) in [4.78, 5) is 27.6. The molecule has 0 aliphatic heterocycles. The van der Waals surface area contributed by atoms with E-state index in [9.17, 15) is 9.59 Å². The maximum absolute atomic E-state index is 12.1. The zero-order valence-corrected chi connectivity index (χ0v) is 16.3. The zero-order valence-electron chi connectivity index (χ0n) is 15.5. The molecule has 7 nitrogen and oxygen atoms in total. The van der Waals surface area contributed by atoms with Crippen LogP contribution >= 0.6 is 11.8 Å². The third-order valence-electron chi connectivity index (χ3n) is 4.02. The summed E-state index contributed by atoms with van der Waals surface area (Å²) >= 11 is 1.23. The molecule has 0 radical (unpaired) electrons. The quantitative estimate of drug-likeness (QED) is 0.623. The van der Waals surface area contributed by atoms with E-state index in [1.807, 2.05) is 59.2 Å². The molecule has 3 amide bonds. The number of ether oxygens (including phenoxy) is 1. The normalized spacial score (nSPS) is 11.6. The van der Waals surface area contributed by atoms with Crippen LogP contribution in [0.5, 0.6) is 5.75 Å². The highest BCUT2D eigenvalue weighted by Gasteiger charge is 2.22. The van der Waals surface area contributed by atoms with E-state index < -0.39 is 17.2 Å². The van der Waals surface area contributed by atoms with Crippen LogP contribution in [0, 0.1) is 0 Å². The van der Waals surface area contributed by atoms with Gasteiger partial charge in [0.2, 0.25) is 5.91 Å². The molecule has 8 heteroatoms. The number of nitrogens with zero attached hydrogens (tertiary/aromatic N) is 2. The SMILES string of the molecule is COc1ccccc1-n1c(-c2ccccc2)cnc1SC(C)C(=O)NC(N)=O. The van der Waals surface area contributed by atoms with E-state index in [2.05, 4.69) is 10.3 Å². The van der Waals surface area contributed by atoms with Crippen LogP contribution in [0.25, 0.3) is 16.9 Å². The van der Waals surface area contributed by atoms with Crippen LogP contribution in [0.4, 0.5) is 4.79 Å². The molecule has 3 N–H and O–H groups in total. The van der Waals surface area contributed by atoms with E-state index in [1.165, 1.54) is 11.8 Å². The molecule has 3 rings (SSSR count). The van der Waals surface area contributed by atoms with Crippen molar-refractivity contribution in [1.29, 1.82) is 0 Å². The Morgan fingerprint density at radius 3 is 2.50 bits per heavy atom. The Hall–Kier alpha value is -3.26. The van der Waals surface area contributed by atoms with Crippen molar-refractivity contribution in [3.63, 3.8) is 0 Å². The summed E-state index contributed by atoms with van der Waals surface area (Å²) < 4.78 is 7.46. The molecule has 0 saturated carbocycles. The first-order valence-corrected chi connectivity index (χ1v) is 9.42. The molecule has 1 atom stereocenters. The smallest absolute Gasteiger partial charge is 0.318 e. The maximum Gasteiger partial charge on any atom is 0.318 e. The molecule has 3 aromatic rings. The molecule has 0 bridgehead atoms. The minimum atomic E-state index is -0.879. The molecule has 1 heterocycles. The zero-order chi connectivity index (χ0) is 20.1. The summed E-state index contributed by atoms with van der Waals surface area (Å²) in [6, 6.07) is 16.5. The molecule has 0 saturated heterocycles. The largest absolute Gasteiger partial charge is 0.495 e. The fourth-order valence-corrected chi connectivity index (χ4v) is 3.61. The molecular weight excluding hydrogens is 376 g/mol. The number of primary amides is 1. The molecule has 1 aromatic heterocycles. The first kappa shape index (κ1) is 19.5. The Morgan fingerprint density at radius 2 is 1.82 bits per heavy atom. The highest BCUT2D eigenvalue weighted by molar-refractivity contribution is 8.00. The molecular formula is C20H20N4O3S. The van der Waals surface area contributed by atoms with Crippen LogP contribution in [0.15, 0.2) is 66.0 Å². The standard InChI is InChI=1S/C20H20N4O3S/c1-13(18(25)23-19(21)26)28-20-22-12-16(14-8-4-3-5-9-14)24(20)15-10-6-7-11-17(15)27-2/h3-13H,1-2H3,(H3,21,23,25,26). The van der Waals surface area contributed by atoms with Crippen molar-refractivity contribution < 1.29 is 14.3 Å². The number of amides is 3. The lowest BCUT2D eigenvalue weighted by molar-refractivity contribution is -0.119. The van der Waals surface area contributed by atoms with Crippen molar-refractivity contribution in [1.82, 2.24) is 14.9 Å². The van der Waals surface area contributed by atoms with E-state index in [4.69, 9.17) is 10.5 Å². The second-order valence-electron chi connectivity index (χ2n) is 5.91. The summed E-state index contributed by atoms with van der Waals surface area (Å²) in [6.45, 7) is 1.69.